The van der Waals surface area contributed by atoms with E-state index in [9.17, 15) is 13.2 Å². The minimum absolute atomic E-state index is 0.0867. The van der Waals surface area contributed by atoms with Crippen LogP contribution in [0.4, 0.5) is 11.4 Å². The first-order valence-corrected chi connectivity index (χ1v) is 5.86. The number of nitrogen functional groups attached to an aromatic ring is 1. The van der Waals surface area contributed by atoms with Crippen LogP contribution in [0.3, 0.4) is 0 Å². The van der Waals surface area contributed by atoms with E-state index < -0.39 is 15.9 Å². The molecule has 5 N–H and O–H groups in total. The Morgan fingerprint density at radius 1 is 1.40 bits per heavy atom. The number of amides is 1. The van der Waals surface area contributed by atoms with Crippen LogP contribution in [0.25, 0.3) is 0 Å². The summed E-state index contributed by atoms with van der Waals surface area (Å²) in [7, 11) is -3.38. The summed E-state index contributed by atoms with van der Waals surface area (Å²) in [5.41, 5.74) is 11.1. The number of primary amides is 1. The molecule has 1 aromatic carbocycles. The lowest BCUT2D eigenvalue weighted by Gasteiger charge is -2.06. The van der Waals surface area contributed by atoms with Gasteiger partial charge in [0.25, 0.3) is 5.91 Å². The van der Waals surface area contributed by atoms with Crippen LogP contribution in [-0.2, 0) is 10.0 Å². The largest absolute Gasteiger partial charge is 0.398 e. The van der Waals surface area contributed by atoms with Gasteiger partial charge in [-0.25, -0.2) is 8.42 Å². The number of nitrogens with one attached hydrogen (secondary N) is 1. The molecule has 15 heavy (non-hydrogen) atoms. The minimum Gasteiger partial charge on any atom is -0.398 e. The Bertz CT molecular complexity index is 496. The second-order valence-electron chi connectivity index (χ2n) is 3.04. The first kappa shape index (κ1) is 11.3. The average Bonchev–Trinajstić information content (AvgIpc) is 2.05. The Labute approximate surface area is 87.3 Å². The van der Waals surface area contributed by atoms with Gasteiger partial charge in [-0.3, -0.25) is 9.52 Å². The van der Waals surface area contributed by atoms with E-state index in [-0.39, 0.29) is 16.9 Å². The molecule has 0 aliphatic rings. The molecule has 1 rings (SSSR count). The van der Waals surface area contributed by atoms with Crippen LogP contribution in [0, 0.1) is 0 Å². The van der Waals surface area contributed by atoms with Crippen LogP contribution in [-0.4, -0.2) is 20.6 Å². The maximum Gasteiger partial charge on any atom is 0.250 e. The lowest BCUT2D eigenvalue weighted by atomic mass is 10.1. The van der Waals surface area contributed by atoms with Gasteiger partial charge in [0, 0.05) is 11.4 Å². The second-order valence-corrected chi connectivity index (χ2v) is 4.79. The number of rotatable bonds is 3. The zero-order valence-corrected chi connectivity index (χ0v) is 8.84. The van der Waals surface area contributed by atoms with Gasteiger partial charge in [0.1, 0.15) is 0 Å². The summed E-state index contributed by atoms with van der Waals surface area (Å²) in [6.07, 6.45) is 1.01. The van der Waals surface area contributed by atoms with Crippen molar-refractivity contribution in [2.75, 3.05) is 16.7 Å². The highest BCUT2D eigenvalue weighted by Crippen LogP contribution is 2.17. The SMILES string of the molecule is CS(=O)(=O)Nc1ccc(N)c(C(N)=O)c1. The maximum absolute atomic E-state index is 10.9. The number of nitrogens with two attached hydrogens (primary N) is 2. The van der Waals surface area contributed by atoms with Crippen LogP contribution in [0.2, 0.25) is 0 Å². The summed E-state index contributed by atoms with van der Waals surface area (Å²) in [6.45, 7) is 0. The number of carbonyl (C=O) groups is 1. The van der Waals surface area contributed by atoms with Crippen molar-refractivity contribution in [1.82, 2.24) is 0 Å². The summed E-state index contributed by atoms with van der Waals surface area (Å²) in [6, 6.07) is 4.15. The van der Waals surface area contributed by atoms with Crippen molar-refractivity contribution in [1.29, 1.82) is 0 Å². The first-order valence-electron chi connectivity index (χ1n) is 3.97. The highest BCUT2D eigenvalue weighted by atomic mass is 32.2. The van der Waals surface area contributed by atoms with E-state index in [0.717, 1.165) is 6.26 Å². The zero-order chi connectivity index (χ0) is 11.6. The van der Waals surface area contributed by atoms with Crippen molar-refractivity contribution in [2.45, 2.75) is 0 Å². The quantitative estimate of drug-likeness (QED) is 0.619. The van der Waals surface area contributed by atoms with E-state index in [0.29, 0.717) is 0 Å². The van der Waals surface area contributed by atoms with Crippen molar-refractivity contribution in [3.63, 3.8) is 0 Å². The van der Waals surface area contributed by atoms with Crippen LogP contribution in [0.1, 0.15) is 10.4 Å². The van der Waals surface area contributed by atoms with Crippen molar-refractivity contribution in [3.05, 3.63) is 23.8 Å². The molecule has 0 aliphatic heterocycles. The molecule has 7 heteroatoms. The fourth-order valence-corrected chi connectivity index (χ4v) is 1.60. The van der Waals surface area contributed by atoms with E-state index in [1.165, 1.54) is 18.2 Å². The van der Waals surface area contributed by atoms with Crippen molar-refractivity contribution < 1.29 is 13.2 Å². The van der Waals surface area contributed by atoms with Gasteiger partial charge in [0.2, 0.25) is 10.0 Å². The monoisotopic (exact) mass is 229 g/mol. The molecule has 0 saturated heterocycles. The van der Waals surface area contributed by atoms with Gasteiger partial charge in [0.05, 0.1) is 11.8 Å². The summed E-state index contributed by atoms with van der Waals surface area (Å²) in [5.74, 6) is -0.704. The Hall–Kier alpha value is -1.76. The van der Waals surface area contributed by atoms with Gasteiger partial charge in [-0.15, -0.1) is 0 Å². The molecule has 0 heterocycles. The fraction of sp³-hybridized carbons (Fsp3) is 0.125. The highest BCUT2D eigenvalue weighted by molar-refractivity contribution is 7.92. The maximum atomic E-state index is 10.9. The normalized spacial score (nSPS) is 11.0. The Morgan fingerprint density at radius 3 is 2.47 bits per heavy atom. The smallest absolute Gasteiger partial charge is 0.250 e. The molecule has 0 aliphatic carbocycles. The first-order chi connectivity index (χ1) is 6.79. The van der Waals surface area contributed by atoms with E-state index in [1.807, 2.05) is 0 Å². The molecular formula is C8H11N3O3S. The molecular weight excluding hydrogens is 218 g/mol. The van der Waals surface area contributed by atoms with E-state index >= 15 is 0 Å². The molecule has 0 bridgehead atoms. The summed E-state index contributed by atoms with van der Waals surface area (Å²) in [5, 5.41) is 0. The minimum atomic E-state index is -3.38. The highest BCUT2D eigenvalue weighted by Gasteiger charge is 2.08. The Morgan fingerprint density at radius 2 is 2.00 bits per heavy atom. The molecule has 1 amide bonds. The predicted molar refractivity (Wildman–Crippen MR) is 57.8 cm³/mol. The van der Waals surface area contributed by atoms with Crippen LogP contribution in [0.15, 0.2) is 18.2 Å². The third kappa shape index (κ3) is 3.13. The Balaban J connectivity index is 3.14. The van der Waals surface area contributed by atoms with Crippen LogP contribution >= 0.6 is 0 Å². The van der Waals surface area contributed by atoms with Crippen molar-refractivity contribution >= 4 is 27.3 Å². The lowest BCUT2D eigenvalue weighted by molar-refractivity contribution is 0.100. The van der Waals surface area contributed by atoms with E-state index in [1.54, 1.807) is 0 Å². The molecule has 0 atom stereocenters. The predicted octanol–water partition coefficient (Wildman–Crippen LogP) is -0.261. The number of benzene rings is 1. The third-order valence-electron chi connectivity index (χ3n) is 1.62. The molecule has 0 fully saturated rings. The average molecular weight is 229 g/mol. The van der Waals surface area contributed by atoms with Gasteiger partial charge < -0.3 is 11.5 Å². The lowest BCUT2D eigenvalue weighted by Crippen LogP contribution is -2.15. The number of anilines is 2. The summed E-state index contributed by atoms with van der Waals surface area (Å²) < 4.78 is 24.0. The number of carbonyl (C=O) groups excluding carboxylic acids is 1. The van der Waals surface area contributed by atoms with Crippen molar-refractivity contribution in [3.8, 4) is 0 Å². The number of hydrogen-bond donors (Lipinski definition) is 3. The van der Waals surface area contributed by atoms with Gasteiger partial charge in [0.15, 0.2) is 0 Å². The summed E-state index contributed by atoms with van der Waals surface area (Å²) in [4.78, 5) is 10.9. The van der Waals surface area contributed by atoms with Crippen molar-refractivity contribution in [2.24, 2.45) is 5.73 Å². The standard InChI is InChI=1S/C8H11N3O3S/c1-15(13,14)11-5-2-3-7(9)6(4-5)8(10)12/h2-4,11H,9H2,1H3,(H2,10,12). The molecule has 0 saturated carbocycles. The molecule has 1 aromatic rings. The van der Waals surface area contributed by atoms with Gasteiger partial charge in [-0.2, -0.15) is 0 Å². The van der Waals surface area contributed by atoms with Gasteiger partial charge >= 0.3 is 0 Å². The molecule has 0 aromatic heterocycles. The molecule has 0 radical (unpaired) electrons. The van der Waals surface area contributed by atoms with E-state index in [2.05, 4.69) is 4.72 Å². The molecule has 0 unspecified atom stereocenters. The van der Waals surface area contributed by atoms with Gasteiger partial charge in [-0.05, 0) is 18.2 Å². The van der Waals surface area contributed by atoms with E-state index in [4.69, 9.17) is 11.5 Å². The topological polar surface area (TPSA) is 115 Å². The number of sulfonamides is 1. The fourth-order valence-electron chi connectivity index (χ4n) is 1.05. The summed E-state index contributed by atoms with van der Waals surface area (Å²) >= 11 is 0. The molecule has 6 nitrogen and oxygen atoms in total. The third-order valence-corrected chi connectivity index (χ3v) is 2.23. The number of hydrogen-bond acceptors (Lipinski definition) is 4. The van der Waals surface area contributed by atoms with Crippen LogP contribution < -0.4 is 16.2 Å². The molecule has 82 valence electrons. The van der Waals surface area contributed by atoms with Gasteiger partial charge in [-0.1, -0.05) is 0 Å². The Kier molecular flexibility index (Phi) is 2.85. The second kappa shape index (κ2) is 3.77. The van der Waals surface area contributed by atoms with Crippen LogP contribution in [0.5, 0.6) is 0 Å². The molecule has 0 spiro atoms. The zero-order valence-electron chi connectivity index (χ0n) is 8.02.